The molecule has 1 aliphatic rings. The third-order valence-electron chi connectivity index (χ3n) is 5.74. The van der Waals surface area contributed by atoms with E-state index in [4.69, 9.17) is 27.9 Å². The van der Waals surface area contributed by atoms with Gasteiger partial charge in [-0.25, -0.2) is 12.7 Å². The Morgan fingerprint density at radius 2 is 1.85 bits per heavy atom. The first kappa shape index (κ1) is 25.8. The van der Waals surface area contributed by atoms with Crippen molar-refractivity contribution in [3.05, 3.63) is 63.6 Å². The topological polar surface area (TPSA) is 75.7 Å². The van der Waals surface area contributed by atoms with Gasteiger partial charge in [0.1, 0.15) is 12.4 Å². The van der Waals surface area contributed by atoms with Crippen molar-refractivity contribution in [3.8, 4) is 5.75 Å². The number of carbonyl (C=O) groups excluding carboxylic acids is 1. The van der Waals surface area contributed by atoms with Crippen molar-refractivity contribution in [2.75, 3.05) is 26.2 Å². The highest BCUT2D eigenvalue weighted by Gasteiger charge is 2.33. The average Bonchev–Trinajstić information content (AvgIpc) is 2.79. The number of halogens is 2. The smallest absolute Gasteiger partial charge is 0.224 e. The largest absolute Gasteiger partial charge is 0.491 e. The minimum atomic E-state index is -3.66. The summed E-state index contributed by atoms with van der Waals surface area (Å²) in [5.74, 6) is 0.300. The fourth-order valence-corrected chi connectivity index (χ4v) is 6.28. The Balaban J connectivity index is 1.53. The molecule has 6 nitrogen and oxygen atoms in total. The first-order valence-electron chi connectivity index (χ1n) is 11.1. The lowest BCUT2D eigenvalue weighted by molar-refractivity contribution is -0.126. The maximum absolute atomic E-state index is 13.0. The van der Waals surface area contributed by atoms with Gasteiger partial charge in [0, 0.05) is 28.7 Å². The first-order valence-corrected chi connectivity index (χ1v) is 13.5. The minimum Gasteiger partial charge on any atom is -0.491 e. The quantitative estimate of drug-likeness (QED) is 0.487. The number of sulfonamides is 1. The van der Waals surface area contributed by atoms with Crippen molar-refractivity contribution >= 4 is 39.1 Å². The van der Waals surface area contributed by atoms with Crippen molar-refractivity contribution < 1.29 is 17.9 Å². The summed E-state index contributed by atoms with van der Waals surface area (Å²) in [5.41, 5.74) is 1.50. The van der Waals surface area contributed by atoms with Gasteiger partial charge in [-0.15, -0.1) is 0 Å². The summed E-state index contributed by atoms with van der Waals surface area (Å²) in [6.45, 7) is 5.43. The highest BCUT2D eigenvalue weighted by atomic mass is 35.5. The maximum atomic E-state index is 13.0. The number of ether oxygens (including phenoxy) is 1. The van der Waals surface area contributed by atoms with Crippen molar-refractivity contribution in [1.29, 1.82) is 0 Å². The molecule has 33 heavy (non-hydrogen) atoms. The van der Waals surface area contributed by atoms with E-state index in [1.807, 2.05) is 24.3 Å². The van der Waals surface area contributed by atoms with E-state index in [9.17, 15) is 13.2 Å². The minimum absolute atomic E-state index is 0.146. The summed E-state index contributed by atoms with van der Waals surface area (Å²) >= 11 is 12.3. The van der Waals surface area contributed by atoms with Crippen LogP contribution in [-0.4, -0.2) is 44.9 Å². The lowest BCUT2D eigenvalue weighted by atomic mass is 9.99. The summed E-state index contributed by atoms with van der Waals surface area (Å²) in [6.07, 6.45) is 1.26. The van der Waals surface area contributed by atoms with Gasteiger partial charge in [0.2, 0.25) is 15.9 Å². The molecule has 1 aliphatic heterocycles. The number of nitrogens with zero attached hydrogens (tertiary/aromatic N) is 1. The predicted octanol–water partition coefficient (Wildman–Crippen LogP) is 4.85. The fourth-order valence-electron chi connectivity index (χ4n) is 3.92. The molecule has 1 atom stereocenters. The number of carbonyl (C=O) groups is 1. The van der Waals surface area contributed by atoms with E-state index in [0.29, 0.717) is 54.1 Å². The van der Waals surface area contributed by atoms with E-state index in [1.165, 1.54) is 4.31 Å². The predicted molar refractivity (Wildman–Crippen MR) is 132 cm³/mol. The summed E-state index contributed by atoms with van der Waals surface area (Å²) in [4.78, 5) is 12.7. The molecule has 1 saturated heterocycles. The normalized spacial score (nSPS) is 17.2. The van der Waals surface area contributed by atoms with Gasteiger partial charge >= 0.3 is 0 Å². The van der Waals surface area contributed by atoms with Crippen molar-refractivity contribution in [1.82, 2.24) is 9.62 Å². The number of benzene rings is 2. The monoisotopic (exact) mass is 512 g/mol. The van der Waals surface area contributed by atoms with E-state index in [1.54, 1.807) is 18.2 Å². The number of amides is 1. The SMILES string of the molecule is CC(C)c1ccccc1OCCNC(=O)[C@H]1CCCN(S(=O)(=O)Cc2c(Cl)cccc2Cl)C1. The zero-order valence-corrected chi connectivity index (χ0v) is 21.2. The van der Waals surface area contributed by atoms with Crippen LogP contribution in [0.3, 0.4) is 0 Å². The molecule has 2 aromatic rings. The van der Waals surface area contributed by atoms with E-state index in [0.717, 1.165) is 11.3 Å². The second kappa shape index (κ2) is 11.6. The highest BCUT2D eigenvalue weighted by Crippen LogP contribution is 2.29. The molecule has 9 heteroatoms. The van der Waals surface area contributed by atoms with Gasteiger partial charge in [0.15, 0.2) is 0 Å². The van der Waals surface area contributed by atoms with Gasteiger partial charge in [-0.1, -0.05) is 61.3 Å². The van der Waals surface area contributed by atoms with Crippen LogP contribution in [0.5, 0.6) is 5.75 Å². The van der Waals surface area contributed by atoms with Crippen LogP contribution in [0.1, 0.15) is 43.7 Å². The number of nitrogens with one attached hydrogen (secondary N) is 1. The average molecular weight is 513 g/mol. The van der Waals surface area contributed by atoms with E-state index >= 15 is 0 Å². The van der Waals surface area contributed by atoms with Crippen LogP contribution in [0.4, 0.5) is 0 Å². The Kier molecular flexibility index (Phi) is 9.04. The molecule has 0 bridgehead atoms. The molecule has 0 aliphatic carbocycles. The van der Waals surface area contributed by atoms with Crippen molar-refractivity contribution in [3.63, 3.8) is 0 Å². The van der Waals surface area contributed by atoms with Crippen LogP contribution in [0.25, 0.3) is 0 Å². The van der Waals surface area contributed by atoms with Crippen LogP contribution in [0.2, 0.25) is 10.0 Å². The lowest BCUT2D eigenvalue weighted by Crippen LogP contribution is -2.46. The molecule has 180 valence electrons. The molecular weight excluding hydrogens is 483 g/mol. The van der Waals surface area contributed by atoms with Gasteiger partial charge in [0.05, 0.1) is 18.2 Å². The molecule has 1 fully saturated rings. The maximum Gasteiger partial charge on any atom is 0.224 e. The molecule has 0 spiro atoms. The molecule has 1 N–H and O–H groups in total. The first-order chi connectivity index (χ1) is 15.7. The number of hydrogen-bond acceptors (Lipinski definition) is 4. The van der Waals surface area contributed by atoms with Gasteiger partial charge < -0.3 is 10.1 Å². The van der Waals surface area contributed by atoms with Crippen LogP contribution < -0.4 is 10.1 Å². The van der Waals surface area contributed by atoms with E-state index in [-0.39, 0.29) is 18.2 Å². The number of piperidine rings is 1. The van der Waals surface area contributed by atoms with Crippen molar-refractivity contribution in [2.24, 2.45) is 5.92 Å². The third-order valence-corrected chi connectivity index (χ3v) is 8.22. The summed E-state index contributed by atoms with van der Waals surface area (Å²) < 4.78 is 33.2. The zero-order valence-electron chi connectivity index (χ0n) is 18.9. The Morgan fingerprint density at radius 3 is 2.55 bits per heavy atom. The molecule has 3 rings (SSSR count). The molecule has 0 radical (unpaired) electrons. The van der Waals surface area contributed by atoms with Gasteiger partial charge in [0.25, 0.3) is 0 Å². The summed E-state index contributed by atoms with van der Waals surface area (Å²) in [5, 5.41) is 3.52. The van der Waals surface area contributed by atoms with Crippen LogP contribution in [-0.2, 0) is 20.6 Å². The molecule has 2 aromatic carbocycles. The van der Waals surface area contributed by atoms with E-state index < -0.39 is 15.9 Å². The molecule has 0 saturated carbocycles. The van der Waals surface area contributed by atoms with Crippen LogP contribution >= 0.6 is 23.2 Å². The second-order valence-corrected chi connectivity index (χ2v) is 11.3. The molecule has 1 amide bonds. The van der Waals surface area contributed by atoms with Gasteiger partial charge in [-0.3, -0.25) is 4.79 Å². The Labute approximate surface area is 206 Å². The Bertz CT molecular complexity index is 1060. The molecule has 0 unspecified atom stereocenters. The van der Waals surface area contributed by atoms with Crippen molar-refractivity contribution in [2.45, 2.75) is 38.4 Å². The van der Waals surface area contributed by atoms with Gasteiger partial charge in [-0.05, 0) is 42.5 Å². The lowest BCUT2D eigenvalue weighted by Gasteiger charge is -2.31. The van der Waals surface area contributed by atoms with Crippen LogP contribution in [0.15, 0.2) is 42.5 Å². The molecule has 0 aromatic heterocycles. The Hall–Kier alpha value is -1.80. The summed E-state index contributed by atoms with van der Waals surface area (Å²) in [7, 11) is -3.66. The Morgan fingerprint density at radius 1 is 1.15 bits per heavy atom. The standard InChI is InChI=1S/C24H30Cl2N2O4S/c1-17(2)19-8-3-4-11-23(19)32-14-12-27-24(29)18-7-6-13-28(15-18)33(30,31)16-20-21(25)9-5-10-22(20)26/h3-5,8-11,17-18H,6-7,12-16H2,1-2H3,(H,27,29)/t18-/m0/s1. The summed E-state index contributed by atoms with van der Waals surface area (Å²) in [6, 6.07) is 12.8. The highest BCUT2D eigenvalue weighted by molar-refractivity contribution is 7.88. The number of rotatable bonds is 9. The second-order valence-electron chi connectivity index (χ2n) is 8.49. The molecular formula is C24H30Cl2N2O4S. The number of hydrogen-bond donors (Lipinski definition) is 1. The van der Waals surface area contributed by atoms with Crippen LogP contribution in [0, 0.1) is 5.92 Å². The zero-order chi connectivity index (χ0) is 24.0. The fraction of sp³-hybridized carbons (Fsp3) is 0.458. The van der Waals surface area contributed by atoms with Gasteiger partial charge in [-0.2, -0.15) is 0 Å². The third kappa shape index (κ3) is 6.85. The number of para-hydroxylation sites is 1. The van der Waals surface area contributed by atoms with E-state index in [2.05, 4.69) is 19.2 Å². The molecule has 1 heterocycles.